The van der Waals surface area contributed by atoms with E-state index in [1.54, 1.807) is 23.1 Å². The molecule has 1 amide bonds. The van der Waals surface area contributed by atoms with Crippen LogP contribution in [0.5, 0.6) is 11.5 Å². The summed E-state index contributed by atoms with van der Waals surface area (Å²) in [6, 6.07) is 4.81. The van der Waals surface area contributed by atoms with Crippen LogP contribution in [0, 0.1) is 0 Å². The van der Waals surface area contributed by atoms with Crippen LogP contribution in [-0.4, -0.2) is 59.3 Å². The number of hydrogen-bond donors (Lipinski definition) is 0. The van der Waals surface area contributed by atoms with Crippen molar-refractivity contribution < 1.29 is 22.7 Å². The Bertz CT molecular complexity index is 670. The molecule has 0 fully saturated rings. The molecule has 1 aromatic rings. The first-order valence-electron chi connectivity index (χ1n) is 8.25. The van der Waals surface area contributed by atoms with Crippen molar-refractivity contribution in [2.75, 3.05) is 44.4 Å². The number of hydrogen-bond acceptors (Lipinski definition) is 5. The van der Waals surface area contributed by atoms with Gasteiger partial charge in [-0.2, -0.15) is 0 Å². The number of amides is 1. The number of rotatable bonds is 10. The summed E-state index contributed by atoms with van der Waals surface area (Å²) < 4.78 is 36.1. The zero-order chi connectivity index (χ0) is 19.0. The summed E-state index contributed by atoms with van der Waals surface area (Å²) in [7, 11) is -0.705. The molecule has 1 aromatic carbocycles. The fraction of sp³-hybridized carbons (Fsp3) is 0.588. The van der Waals surface area contributed by atoms with Crippen molar-refractivity contribution in [3.8, 4) is 11.5 Å². The Morgan fingerprint density at radius 3 is 2.12 bits per heavy atom. The Morgan fingerprint density at radius 1 is 1.08 bits per heavy atom. The largest absolute Gasteiger partial charge is 0.497 e. The molecule has 1 rings (SSSR count). The highest BCUT2D eigenvalue weighted by Crippen LogP contribution is 2.33. The van der Waals surface area contributed by atoms with Crippen LogP contribution in [-0.2, 0) is 14.8 Å². The Balaban J connectivity index is 3.21. The summed E-state index contributed by atoms with van der Waals surface area (Å²) in [6.07, 6.45) is 2.71. The molecule has 142 valence electrons. The molecular weight excluding hydrogens is 344 g/mol. The number of methoxy groups -OCH3 is 2. The molecule has 0 unspecified atom stereocenters. The van der Waals surface area contributed by atoms with Crippen molar-refractivity contribution in [1.29, 1.82) is 0 Å². The molecule has 0 aliphatic heterocycles. The van der Waals surface area contributed by atoms with E-state index in [-0.39, 0.29) is 12.5 Å². The predicted octanol–water partition coefficient (Wildman–Crippen LogP) is 2.12. The zero-order valence-electron chi connectivity index (χ0n) is 15.6. The molecule has 0 N–H and O–H groups in total. The summed E-state index contributed by atoms with van der Waals surface area (Å²) in [5.74, 6) is 0.640. The van der Waals surface area contributed by atoms with Crippen LogP contribution in [0.4, 0.5) is 5.69 Å². The van der Waals surface area contributed by atoms with Gasteiger partial charge in [0.1, 0.15) is 18.0 Å². The van der Waals surface area contributed by atoms with Gasteiger partial charge >= 0.3 is 0 Å². The molecule has 0 aliphatic carbocycles. The lowest BCUT2D eigenvalue weighted by Gasteiger charge is -2.28. The number of carbonyl (C=O) groups excluding carboxylic acids is 1. The van der Waals surface area contributed by atoms with E-state index in [2.05, 4.69) is 0 Å². The highest BCUT2D eigenvalue weighted by Gasteiger charge is 2.26. The number of sulfonamides is 1. The highest BCUT2D eigenvalue weighted by atomic mass is 32.2. The van der Waals surface area contributed by atoms with Crippen LogP contribution in [0.25, 0.3) is 0 Å². The van der Waals surface area contributed by atoms with Crippen molar-refractivity contribution in [3.63, 3.8) is 0 Å². The first kappa shape index (κ1) is 21.1. The third kappa shape index (κ3) is 5.81. The van der Waals surface area contributed by atoms with Gasteiger partial charge in [-0.05, 0) is 25.0 Å². The Kier molecular flexibility index (Phi) is 8.02. The minimum Gasteiger partial charge on any atom is -0.497 e. The summed E-state index contributed by atoms with van der Waals surface area (Å²) >= 11 is 0. The lowest BCUT2D eigenvalue weighted by atomic mass is 10.2. The molecule has 8 heteroatoms. The Labute approximate surface area is 150 Å². The Hall–Kier alpha value is -1.96. The van der Waals surface area contributed by atoms with Gasteiger partial charge in [0.05, 0.1) is 26.2 Å². The number of ether oxygens (including phenoxy) is 2. The quantitative estimate of drug-likeness (QED) is 0.629. The molecule has 0 atom stereocenters. The van der Waals surface area contributed by atoms with Crippen LogP contribution < -0.4 is 13.8 Å². The molecule has 0 aliphatic rings. The van der Waals surface area contributed by atoms with Crippen molar-refractivity contribution in [3.05, 3.63) is 18.2 Å². The van der Waals surface area contributed by atoms with E-state index in [1.807, 2.05) is 13.8 Å². The second-order valence-corrected chi connectivity index (χ2v) is 7.60. The smallest absolute Gasteiger partial charge is 0.243 e. The van der Waals surface area contributed by atoms with Gasteiger partial charge in [0.25, 0.3) is 0 Å². The number of carbonyl (C=O) groups is 1. The summed E-state index contributed by atoms with van der Waals surface area (Å²) in [5.41, 5.74) is 0.312. The van der Waals surface area contributed by atoms with Crippen LogP contribution in [0.15, 0.2) is 18.2 Å². The summed E-state index contributed by atoms with van der Waals surface area (Å²) in [6.45, 7) is 4.91. The van der Waals surface area contributed by atoms with E-state index in [9.17, 15) is 13.2 Å². The number of anilines is 1. The van der Waals surface area contributed by atoms with Crippen molar-refractivity contribution in [1.82, 2.24) is 4.90 Å². The maximum atomic E-state index is 12.6. The van der Waals surface area contributed by atoms with Crippen molar-refractivity contribution >= 4 is 21.6 Å². The van der Waals surface area contributed by atoms with E-state index in [1.165, 1.54) is 14.2 Å². The molecule has 0 bridgehead atoms. The van der Waals surface area contributed by atoms with Gasteiger partial charge in [-0.3, -0.25) is 9.10 Å². The average Bonchev–Trinajstić information content (AvgIpc) is 2.57. The third-order valence-electron chi connectivity index (χ3n) is 3.67. The van der Waals surface area contributed by atoms with Gasteiger partial charge < -0.3 is 14.4 Å². The topological polar surface area (TPSA) is 76.2 Å². The molecule has 0 radical (unpaired) electrons. The average molecular weight is 372 g/mol. The highest BCUT2D eigenvalue weighted by molar-refractivity contribution is 7.92. The van der Waals surface area contributed by atoms with Gasteiger partial charge in [-0.1, -0.05) is 13.8 Å². The molecule has 0 spiro atoms. The van der Waals surface area contributed by atoms with Gasteiger partial charge in [-0.25, -0.2) is 8.42 Å². The monoisotopic (exact) mass is 372 g/mol. The van der Waals surface area contributed by atoms with E-state index in [4.69, 9.17) is 9.47 Å². The molecular formula is C17H28N2O5S. The van der Waals surface area contributed by atoms with Crippen molar-refractivity contribution in [2.45, 2.75) is 26.7 Å². The first-order valence-corrected chi connectivity index (χ1v) is 10.1. The maximum Gasteiger partial charge on any atom is 0.243 e. The van der Waals surface area contributed by atoms with Crippen LogP contribution in [0.2, 0.25) is 0 Å². The predicted molar refractivity (Wildman–Crippen MR) is 98.9 cm³/mol. The minimum atomic E-state index is -3.66. The zero-order valence-corrected chi connectivity index (χ0v) is 16.4. The van der Waals surface area contributed by atoms with E-state index >= 15 is 0 Å². The maximum absolute atomic E-state index is 12.6. The third-order valence-corrected chi connectivity index (χ3v) is 4.80. The van der Waals surface area contributed by atoms with Crippen LogP contribution in [0.1, 0.15) is 26.7 Å². The standard InChI is InChI=1S/C17H28N2O5S/c1-6-10-18(11-7-2)17(20)13-19(25(5,21)22)15-9-8-14(23-3)12-16(15)24-4/h8-9,12H,6-7,10-11,13H2,1-5H3. The second kappa shape index (κ2) is 9.50. The van der Waals surface area contributed by atoms with E-state index < -0.39 is 10.0 Å². The van der Waals surface area contributed by atoms with Crippen LogP contribution in [0.3, 0.4) is 0 Å². The van der Waals surface area contributed by atoms with Gasteiger partial charge in [0.2, 0.25) is 15.9 Å². The SMILES string of the molecule is CCCN(CCC)C(=O)CN(c1ccc(OC)cc1OC)S(C)(=O)=O. The number of benzene rings is 1. The Morgan fingerprint density at radius 2 is 1.68 bits per heavy atom. The molecule has 0 aromatic heterocycles. The molecule has 25 heavy (non-hydrogen) atoms. The summed E-state index contributed by atoms with van der Waals surface area (Å²) in [4.78, 5) is 14.3. The van der Waals surface area contributed by atoms with Gasteiger partial charge in [0, 0.05) is 19.2 Å². The van der Waals surface area contributed by atoms with Gasteiger partial charge in [-0.15, -0.1) is 0 Å². The minimum absolute atomic E-state index is 0.230. The van der Waals surface area contributed by atoms with E-state index in [0.29, 0.717) is 30.3 Å². The first-order chi connectivity index (χ1) is 11.8. The molecule has 0 saturated carbocycles. The van der Waals surface area contributed by atoms with E-state index in [0.717, 1.165) is 23.4 Å². The van der Waals surface area contributed by atoms with Crippen molar-refractivity contribution in [2.24, 2.45) is 0 Å². The fourth-order valence-corrected chi connectivity index (χ4v) is 3.35. The normalized spacial score (nSPS) is 11.1. The molecule has 0 saturated heterocycles. The number of nitrogens with zero attached hydrogens (tertiary/aromatic N) is 2. The lowest BCUT2D eigenvalue weighted by Crippen LogP contribution is -2.43. The van der Waals surface area contributed by atoms with Crippen LogP contribution >= 0.6 is 0 Å². The van der Waals surface area contributed by atoms with Gasteiger partial charge in [0.15, 0.2) is 0 Å². The fourth-order valence-electron chi connectivity index (χ4n) is 2.50. The second-order valence-electron chi connectivity index (χ2n) is 5.69. The summed E-state index contributed by atoms with van der Waals surface area (Å²) in [5, 5.41) is 0. The molecule has 7 nitrogen and oxygen atoms in total. The lowest BCUT2D eigenvalue weighted by molar-refractivity contribution is -0.129. The molecule has 0 heterocycles.